The van der Waals surface area contributed by atoms with Crippen molar-refractivity contribution in [3.05, 3.63) is 29.1 Å². The maximum atomic E-state index is 13.8. The summed E-state index contributed by atoms with van der Waals surface area (Å²) in [5.41, 5.74) is 7.32. The average molecular weight is 209 g/mol. The summed E-state index contributed by atoms with van der Waals surface area (Å²) >= 11 is 0. The lowest BCUT2D eigenvalue weighted by molar-refractivity contribution is 0.406. The summed E-state index contributed by atoms with van der Waals surface area (Å²) in [6, 6.07) is 3.33. The molecule has 1 fully saturated rings. The van der Waals surface area contributed by atoms with E-state index >= 15 is 0 Å². The van der Waals surface area contributed by atoms with E-state index in [1.807, 2.05) is 13.0 Å². The van der Waals surface area contributed by atoms with E-state index in [1.165, 1.54) is 6.07 Å². The van der Waals surface area contributed by atoms with E-state index < -0.39 is 0 Å². The number of aryl methyl sites for hydroxylation is 1. The fourth-order valence-corrected chi connectivity index (χ4v) is 2.02. The first-order valence-corrected chi connectivity index (χ1v) is 5.17. The molecule has 2 nitrogen and oxygen atoms in total. The zero-order valence-electron chi connectivity index (χ0n) is 9.14. The van der Waals surface area contributed by atoms with Crippen molar-refractivity contribution in [1.82, 2.24) is 0 Å². The molecular weight excluding hydrogens is 193 g/mol. The van der Waals surface area contributed by atoms with Gasteiger partial charge in [0.25, 0.3) is 0 Å². The molecule has 0 radical (unpaired) electrons. The summed E-state index contributed by atoms with van der Waals surface area (Å²) in [5, 5.41) is 0. The van der Waals surface area contributed by atoms with Gasteiger partial charge < -0.3 is 10.5 Å². The van der Waals surface area contributed by atoms with Crippen LogP contribution in [0.5, 0.6) is 5.75 Å². The van der Waals surface area contributed by atoms with Gasteiger partial charge in [0, 0.05) is 18.0 Å². The minimum atomic E-state index is -0.194. The predicted molar refractivity (Wildman–Crippen MR) is 57.7 cm³/mol. The van der Waals surface area contributed by atoms with Crippen LogP contribution >= 0.6 is 0 Å². The van der Waals surface area contributed by atoms with E-state index in [2.05, 4.69) is 0 Å². The molecule has 1 aliphatic rings. The normalized spacial score (nSPS) is 17.6. The minimum Gasteiger partial charge on any atom is -0.496 e. The molecule has 0 aromatic heterocycles. The predicted octanol–water partition coefficient (Wildman–Crippen LogP) is 2.13. The lowest BCUT2D eigenvalue weighted by Gasteiger charge is -2.16. The van der Waals surface area contributed by atoms with Crippen molar-refractivity contribution in [2.45, 2.75) is 25.2 Å². The Morgan fingerprint density at radius 1 is 1.47 bits per heavy atom. The molecule has 0 unspecified atom stereocenters. The molecule has 0 saturated heterocycles. The standard InChI is InChI=1S/C12H16FNO/c1-8-5-9(12(7-14)3-4-12)10(13)6-11(8)15-2/h5-6H,3-4,7,14H2,1-2H3. The van der Waals surface area contributed by atoms with Crippen LogP contribution in [0, 0.1) is 12.7 Å². The van der Waals surface area contributed by atoms with Crippen LogP contribution < -0.4 is 10.5 Å². The van der Waals surface area contributed by atoms with Gasteiger partial charge in [-0.3, -0.25) is 0 Å². The molecule has 3 heteroatoms. The van der Waals surface area contributed by atoms with Gasteiger partial charge in [0.05, 0.1) is 7.11 Å². The third-order valence-corrected chi connectivity index (χ3v) is 3.30. The molecule has 0 spiro atoms. The Balaban J connectivity index is 2.45. The van der Waals surface area contributed by atoms with Crippen molar-refractivity contribution in [2.75, 3.05) is 13.7 Å². The second kappa shape index (κ2) is 3.49. The topological polar surface area (TPSA) is 35.2 Å². The minimum absolute atomic E-state index is 0.0961. The van der Waals surface area contributed by atoms with E-state index in [1.54, 1.807) is 7.11 Å². The molecule has 0 aliphatic heterocycles. The molecule has 1 aliphatic carbocycles. The van der Waals surface area contributed by atoms with Crippen LogP contribution in [0.2, 0.25) is 0 Å². The quantitative estimate of drug-likeness (QED) is 0.827. The van der Waals surface area contributed by atoms with Gasteiger partial charge in [-0.1, -0.05) is 0 Å². The summed E-state index contributed by atoms with van der Waals surface area (Å²) in [6.45, 7) is 2.45. The SMILES string of the molecule is COc1cc(F)c(C2(CN)CC2)cc1C. The van der Waals surface area contributed by atoms with E-state index in [4.69, 9.17) is 10.5 Å². The first kappa shape index (κ1) is 10.4. The Morgan fingerprint density at radius 3 is 2.60 bits per heavy atom. The van der Waals surface area contributed by atoms with Crippen molar-refractivity contribution in [2.24, 2.45) is 5.73 Å². The molecule has 15 heavy (non-hydrogen) atoms. The largest absolute Gasteiger partial charge is 0.496 e. The summed E-state index contributed by atoms with van der Waals surface area (Å²) in [6.07, 6.45) is 1.98. The number of ether oxygens (including phenoxy) is 1. The van der Waals surface area contributed by atoms with Gasteiger partial charge >= 0.3 is 0 Å². The van der Waals surface area contributed by atoms with Gasteiger partial charge in [-0.2, -0.15) is 0 Å². The zero-order valence-corrected chi connectivity index (χ0v) is 9.14. The van der Waals surface area contributed by atoms with Crippen LogP contribution in [-0.4, -0.2) is 13.7 Å². The Kier molecular flexibility index (Phi) is 2.43. The van der Waals surface area contributed by atoms with E-state index in [-0.39, 0.29) is 11.2 Å². The highest BCUT2D eigenvalue weighted by molar-refractivity contribution is 5.43. The molecule has 0 atom stereocenters. The maximum absolute atomic E-state index is 13.8. The first-order valence-electron chi connectivity index (χ1n) is 5.17. The van der Waals surface area contributed by atoms with Gasteiger partial charge in [0.15, 0.2) is 0 Å². The fraction of sp³-hybridized carbons (Fsp3) is 0.500. The molecule has 1 aromatic carbocycles. The average Bonchev–Trinajstić information content (AvgIpc) is 3.01. The van der Waals surface area contributed by atoms with E-state index in [0.29, 0.717) is 12.3 Å². The Bertz CT molecular complexity index is 385. The maximum Gasteiger partial charge on any atom is 0.130 e. The molecule has 82 valence electrons. The van der Waals surface area contributed by atoms with Crippen LogP contribution in [0.25, 0.3) is 0 Å². The number of hydrogen-bond donors (Lipinski definition) is 1. The van der Waals surface area contributed by atoms with Crippen molar-refractivity contribution in [1.29, 1.82) is 0 Å². The highest BCUT2D eigenvalue weighted by Gasteiger charge is 2.44. The second-order valence-corrected chi connectivity index (χ2v) is 4.29. The number of methoxy groups -OCH3 is 1. The lowest BCUT2D eigenvalue weighted by atomic mass is 9.94. The van der Waals surface area contributed by atoms with Crippen LogP contribution in [-0.2, 0) is 5.41 Å². The first-order chi connectivity index (χ1) is 7.13. The van der Waals surface area contributed by atoms with Crippen molar-refractivity contribution < 1.29 is 9.13 Å². The molecule has 1 saturated carbocycles. The number of nitrogens with two attached hydrogens (primary N) is 1. The van der Waals surface area contributed by atoms with Crippen LogP contribution in [0.3, 0.4) is 0 Å². The third-order valence-electron chi connectivity index (χ3n) is 3.30. The summed E-state index contributed by atoms with van der Waals surface area (Å²) in [4.78, 5) is 0. The molecule has 0 bridgehead atoms. The van der Waals surface area contributed by atoms with Crippen molar-refractivity contribution in [3.8, 4) is 5.75 Å². The highest BCUT2D eigenvalue weighted by Crippen LogP contribution is 2.48. The molecule has 2 N–H and O–H groups in total. The zero-order chi connectivity index (χ0) is 11.1. The number of rotatable bonds is 3. The molecular formula is C12H16FNO. The number of halogens is 1. The molecule has 2 rings (SSSR count). The molecule has 0 amide bonds. The van der Waals surface area contributed by atoms with Gasteiger partial charge in [-0.05, 0) is 37.0 Å². The third kappa shape index (κ3) is 1.61. The Morgan fingerprint density at radius 2 is 2.13 bits per heavy atom. The summed E-state index contributed by atoms with van der Waals surface area (Å²) in [7, 11) is 1.55. The van der Waals surface area contributed by atoms with Gasteiger partial charge in [-0.15, -0.1) is 0 Å². The van der Waals surface area contributed by atoms with Gasteiger partial charge in [0.2, 0.25) is 0 Å². The number of benzene rings is 1. The van der Waals surface area contributed by atoms with E-state index in [0.717, 1.165) is 24.0 Å². The van der Waals surface area contributed by atoms with Crippen LogP contribution in [0.4, 0.5) is 4.39 Å². The van der Waals surface area contributed by atoms with Crippen molar-refractivity contribution in [3.63, 3.8) is 0 Å². The van der Waals surface area contributed by atoms with E-state index in [9.17, 15) is 4.39 Å². The lowest BCUT2D eigenvalue weighted by Crippen LogP contribution is -2.21. The van der Waals surface area contributed by atoms with Crippen LogP contribution in [0.15, 0.2) is 12.1 Å². The fourth-order valence-electron chi connectivity index (χ4n) is 2.02. The highest BCUT2D eigenvalue weighted by atomic mass is 19.1. The van der Waals surface area contributed by atoms with Gasteiger partial charge in [-0.25, -0.2) is 4.39 Å². The van der Waals surface area contributed by atoms with Crippen molar-refractivity contribution >= 4 is 0 Å². The summed E-state index contributed by atoms with van der Waals surface area (Å²) in [5.74, 6) is 0.407. The number of hydrogen-bond acceptors (Lipinski definition) is 2. The Labute approximate surface area is 89.2 Å². The molecule has 0 heterocycles. The second-order valence-electron chi connectivity index (χ2n) is 4.29. The van der Waals surface area contributed by atoms with Gasteiger partial charge in [0.1, 0.15) is 11.6 Å². The van der Waals surface area contributed by atoms with Crippen LogP contribution in [0.1, 0.15) is 24.0 Å². The molecule has 1 aromatic rings. The Hall–Kier alpha value is -1.09. The summed E-state index contributed by atoms with van der Waals surface area (Å²) < 4.78 is 18.9. The monoisotopic (exact) mass is 209 g/mol. The smallest absolute Gasteiger partial charge is 0.130 e.